The number of rotatable bonds is 6. The third-order valence-electron chi connectivity index (χ3n) is 6.42. The molecule has 1 aliphatic rings. The smallest absolute Gasteiger partial charge is 0.225 e. The summed E-state index contributed by atoms with van der Waals surface area (Å²) in [6, 6.07) is 29.7. The SMILES string of the molecule is O=C(NCc1cc2ccccc2[nH]1)C1CCC(=O)N(Cc2ccccc2)C1c1ccccc1. The van der Waals surface area contributed by atoms with Gasteiger partial charge in [0.1, 0.15) is 0 Å². The van der Waals surface area contributed by atoms with Gasteiger partial charge in [-0.25, -0.2) is 0 Å². The summed E-state index contributed by atoms with van der Waals surface area (Å²) in [5.41, 5.74) is 4.08. The number of likely N-dealkylation sites (tertiary alicyclic amines) is 1. The van der Waals surface area contributed by atoms with E-state index in [2.05, 4.69) is 22.4 Å². The quantitative estimate of drug-likeness (QED) is 0.448. The number of nitrogens with zero attached hydrogens (tertiary/aromatic N) is 1. The number of aromatic nitrogens is 1. The predicted octanol–water partition coefficient (Wildman–Crippen LogP) is 4.96. The number of hydrogen-bond donors (Lipinski definition) is 2. The van der Waals surface area contributed by atoms with E-state index in [4.69, 9.17) is 0 Å². The molecule has 1 aromatic heterocycles. The fourth-order valence-electron chi connectivity index (χ4n) is 4.80. The van der Waals surface area contributed by atoms with E-state index in [-0.39, 0.29) is 23.8 Å². The molecule has 1 saturated heterocycles. The minimum atomic E-state index is -0.307. The lowest BCUT2D eigenvalue weighted by atomic mass is 9.83. The first-order chi connectivity index (χ1) is 16.2. The second-order valence-electron chi connectivity index (χ2n) is 8.61. The Kier molecular flexibility index (Phi) is 5.94. The Morgan fingerprint density at radius 3 is 2.39 bits per heavy atom. The number of carbonyl (C=O) groups is 2. The maximum absolute atomic E-state index is 13.4. The minimum Gasteiger partial charge on any atom is -0.357 e. The number of benzene rings is 3. The van der Waals surface area contributed by atoms with Crippen LogP contribution in [-0.2, 0) is 22.7 Å². The first-order valence-electron chi connectivity index (χ1n) is 11.4. The first kappa shape index (κ1) is 21.0. The average Bonchev–Trinajstić information content (AvgIpc) is 3.28. The van der Waals surface area contributed by atoms with Crippen molar-refractivity contribution in [2.45, 2.75) is 32.0 Å². The molecule has 4 aromatic rings. The lowest BCUT2D eigenvalue weighted by Crippen LogP contribution is -2.47. The Balaban J connectivity index is 1.39. The van der Waals surface area contributed by atoms with Gasteiger partial charge in [-0.2, -0.15) is 0 Å². The maximum atomic E-state index is 13.4. The van der Waals surface area contributed by atoms with Gasteiger partial charge in [0.2, 0.25) is 11.8 Å². The van der Waals surface area contributed by atoms with E-state index in [1.165, 1.54) is 0 Å². The Labute approximate surface area is 193 Å². The number of nitrogens with one attached hydrogen (secondary N) is 2. The van der Waals surface area contributed by atoms with Crippen molar-refractivity contribution in [3.63, 3.8) is 0 Å². The van der Waals surface area contributed by atoms with Gasteiger partial charge in [-0.15, -0.1) is 0 Å². The molecule has 5 heteroatoms. The van der Waals surface area contributed by atoms with Crippen LogP contribution in [-0.4, -0.2) is 21.7 Å². The summed E-state index contributed by atoms with van der Waals surface area (Å²) in [5.74, 6) is -0.237. The molecule has 2 atom stereocenters. The van der Waals surface area contributed by atoms with Gasteiger partial charge in [-0.3, -0.25) is 9.59 Å². The third kappa shape index (κ3) is 4.53. The standard InChI is InChI=1S/C28H27N3O2/c32-26-16-15-24(28(33)29-18-23-17-22-13-7-8-14-25(22)30-23)27(21-11-5-2-6-12-21)31(26)19-20-9-3-1-4-10-20/h1-14,17,24,27,30H,15-16,18-19H2,(H,29,33). The van der Waals surface area contributed by atoms with Crippen LogP contribution >= 0.6 is 0 Å². The molecule has 0 aliphatic carbocycles. The minimum absolute atomic E-state index is 0.0203. The van der Waals surface area contributed by atoms with Crippen LogP contribution < -0.4 is 5.32 Å². The van der Waals surface area contributed by atoms with E-state index in [9.17, 15) is 9.59 Å². The maximum Gasteiger partial charge on any atom is 0.225 e. The van der Waals surface area contributed by atoms with Crippen LogP contribution in [0.1, 0.15) is 35.7 Å². The molecule has 1 aliphatic heterocycles. The number of amides is 2. The predicted molar refractivity (Wildman–Crippen MR) is 129 cm³/mol. The van der Waals surface area contributed by atoms with Crippen molar-refractivity contribution in [2.75, 3.05) is 0 Å². The van der Waals surface area contributed by atoms with E-state index in [0.717, 1.165) is 27.7 Å². The van der Waals surface area contributed by atoms with Gasteiger partial charge in [-0.05, 0) is 35.1 Å². The molecule has 5 nitrogen and oxygen atoms in total. The number of para-hydroxylation sites is 1. The van der Waals surface area contributed by atoms with Gasteiger partial charge < -0.3 is 15.2 Å². The Hall–Kier alpha value is -3.86. The molecule has 2 N–H and O–H groups in total. The third-order valence-corrected chi connectivity index (χ3v) is 6.42. The van der Waals surface area contributed by atoms with E-state index in [1.54, 1.807) is 0 Å². The van der Waals surface area contributed by atoms with Crippen molar-refractivity contribution in [1.29, 1.82) is 0 Å². The molecule has 2 unspecified atom stereocenters. The van der Waals surface area contributed by atoms with Gasteiger partial charge in [0.15, 0.2) is 0 Å². The highest BCUT2D eigenvalue weighted by molar-refractivity contribution is 5.85. The molecule has 166 valence electrons. The lowest BCUT2D eigenvalue weighted by molar-refractivity contribution is -0.144. The summed E-state index contributed by atoms with van der Waals surface area (Å²) in [5, 5.41) is 4.25. The number of carbonyl (C=O) groups excluding carboxylic acids is 2. The van der Waals surface area contributed by atoms with Gasteiger partial charge in [0.05, 0.1) is 18.5 Å². The topological polar surface area (TPSA) is 65.2 Å². The van der Waals surface area contributed by atoms with Gasteiger partial charge in [0, 0.05) is 24.2 Å². The van der Waals surface area contributed by atoms with Crippen LogP contribution in [0.2, 0.25) is 0 Å². The summed E-state index contributed by atoms with van der Waals surface area (Å²) >= 11 is 0. The second-order valence-corrected chi connectivity index (χ2v) is 8.61. The zero-order valence-corrected chi connectivity index (χ0v) is 18.4. The highest BCUT2D eigenvalue weighted by Gasteiger charge is 2.40. The molecule has 1 fully saturated rings. The normalized spacial score (nSPS) is 18.4. The summed E-state index contributed by atoms with van der Waals surface area (Å²) < 4.78 is 0. The van der Waals surface area contributed by atoms with Crippen LogP contribution in [0, 0.1) is 5.92 Å². The average molecular weight is 438 g/mol. The van der Waals surface area contributed by atoms with Crippen molar-refractivity contribution in [2.24, 2.45) is 5.92 Å². The van der Waals surface area contributed by atoms with Crippen LogP contribution in [0.3, 0.4) is 0 Å². The molecule has 0 saturated carbocycles. The number of aromatic amines is 1. The molecular weight excluding hydrogens is 410 g/mol. The molecule has 3 aromatic carbocycles. The van der Waals surface area contributed by atoms with Gasteiger partial charge in [-0.1, -0.05) is 78.9 Å². The molecule has 33 heavy (non-hydrogen) atoms. The first-order valence-corrected chi connectivity index (χ1v) is 11.4. The van der Waals surface area contributed by atoms with E-state index in [0.29, 0.717) is 25.9 Å². The summed E-state index contributed by atoms with van der Waals surface area (Å²) in [4.78, 5) is 31.7. The Morgan fingerprint density at radius 2 is 1.64 bits per heavy atom. The van der Waals surface area contributed by atoms with E-state index in [1.807, 2.05) is 83.8 Å². The Morgan fingerprint density at radius 1 is 0.939 bits per heavy atom. The summed E-state index contributed by atoms with van der Waals surface area (Å²) in [6.45, 7) is 0.920. The molecular formula is C28H27N3O2. The summed E-state index contributed by atoms with van der Waals surface area (Å²) in [7, 11) is 0. The van der Waals surface area contributed by atoms with Gasteiger partial charge in [0.25, 0.3) is 0 Å². The van der Waals surface area contributed by atoms with Crippen LogP contribution in [0.15, 0.2) is 91.0 Å². The Bertz CT molecular complexity index is 1220. The molecule has 0 spiro atoms. The van der Waals surface area contributed by atoms with E-state index >= 15 is 0 Å². The summed E-state index contributed by atoms with van der Waals surface area (Å²) in [6.07, 6.45) is 0.920. The largest absolute Gasteiger partial charge is 0.357 e. The van der Waals surface area contributed by atoms with Crippen LogP contribution in [0.5, 0.6) is 0 Å². The van der Waals surface area contributed by atoms with Crippen molar-refractivity contribution < 1.29 is 9.59 Å². The van der Waals surface area contributed by atoms with Crippen LogP contribution in [0.4, 0.5) is 0 Å². The highest BCUT2D eigenvalue weighted by Crippen LogP contribution is 2.38. The molecule has 5 rings (SSSR count). The zero-order chi connectivity index (χ0) is 22.6. The number of hydrogen-bond acceptors (Lipinski definition) is 2. The lowest BCUT2D eigenvalue weighted by Gasteiger charge is -2.41. The van der Waals surface area contributed by atoms with Crippen molar-refractivity contribution in [3.05, 3.63) is 108 Å². The highest BCUT2D eigenvalue weighted by atomic mass is 16.2. The van der Waals surface area contributed by atoms with Crippen molar-refractivity contribution in [3.8, 4) is 0 Å². The fraction of sp³-hybridized carbons (Fsp3) is 0.214. The van der Waals surface area contributed by atoms with Crippen molar-refractivity contribution in [1.82, 2.24) is 15.2 Å². The number of H-pyrrole nitrogens is 1. The number of piperidine rings is 1. The fourth-order valence-corrected chi connectivity index (χ4v) is 4.80. The van der Waals surface area contributed by atoms with E-state index < -0.39 is 0 Å². The second kappa shape index (κ2) is 9.33. The monoisotopic (exact) mass is 437 g/mol. The molecule has 2 heterocycles. The number of fused-ring (bicyclic) bond motifs is 1. The van der Waals surface area contributed by atoms with Crippen molar-refractivity contribution >= 4 is 22.7 Å². The van der Waals surface area contributed by atoms with Crippen LogP contribution in [0.25, 0.3) is 10.9 Å². The zero-order valence-electron chi connectivity index (χ0n) is 18.4. The molecule has 0 radical (unpaired) electrons. The van der Waals surface area contributed by atoms with Gasteiger partial charge >= 0.3 is 0 Å². The molecule has 0 bridgehead atoms. The molecule has 2 amide bonds.